The number of rotatable bonds is 16. The molecule has 0 saturated carbocycles. The Balaban J connectivity index is 0.000000623. The van der Waals surface area contributed by atoms with Gasteiger partial charge in [-0.1, -0.05) is 100 Å². The van der Waals surface area contributed by atoms with Crippen LogP contribution < -0.4 is 41.7 Å². The van der Waals surface area contributed by atoms with Gasteiger partial charge in [-0.2, -0.15) is 0 Å². The van der Waals surface area contributed by atoms with Gasteiger partial charge in [0, 0.05) is 46.9 Å². The second-order valence-corrected chi connectivity index (χ2v) is 11.1. The molecule has 0 spiro atoms. The van der Waals surface area contributed by atoms with Gasteiger partial charge in [0.15, 0.2) is 0 Å². The van der Waals surface area contributed by atoms with Gasteiger partial charge in [-0.15, -0.1) is 26.4 Å². The van der Waals surface area contributed by atoms with Crippen molar-refractivity contribution in [2.75, 3.05) is 47.7 Å². The molecule has 0 aliphatic carbocycles. The van der Waals surface area contributed by atoms with Gasteiger partial charge in [0.1, 0.15) is 0 Å². The fourth-order valence-corrected chi connectivity index (χ4v) is 4.13. The third-order valence-electron chi connectivity index (χ3n) is 7.35. The predicted octanol–water partition coefficient (Wildman–Crippen LogP) is 4.95. The molecule has 0 fully saturated rings. The van der Waals surface area contributed by atoms with Gasteiger partial charge in [0.05, 0.1) is 0 Å². The second kappa shape index (κ2) is 30.8. The van der Waals surface area contributed by atoms with Crippen LogP contribution >= 0.6 is 0 Å². The van der Waals surface area contributed by atoms with Crippen LogP contribution in [0.1, 0.15) is 53.4 Å². The molecule has 0 aromatic heterocycles. The van der Waals surface area contributed by atoms with Gasteiger partial charge < -0.3 is 41.7 Å². The Bertz CT molecular complexity index is 1030. The van der Waals surface area contributed by atoms with E-state index in [1.54, 1.807) is 0 Å². The molecule has 0 heterocycles. The van der Waals surface area contributed by atoms with E-state index in [1.165, 1.54) is 0 Å². The summed E-state index contributed by atoms with van der Waals surface area (Å²) in [5.41, 5.74) is 4.11. The number of nitrogens with one attached hydrogen (secondary N) is 4. The van der Waals surface area contributed by atoms with Crippen LogP contribution in [0.15, 0.2) is 121 Å². The van der Waals surface area contributed by atoms with E-state index in [9.17, 15) is 20.4 Å². The van der Waals surface area contributed by atoms with Crippen LogP contribution in [0.2, 0.25) is 0 Å². The zero-order valence-electron chi connectivity index (χ0n) is 29.6. The first-order chi connectivity index (χ1) is 23.5. The summed E-state index contributed by atoms with van der Waals surface area (Å²) in [5.74, 6) is 0. The summed E-state index contributed by atoms with van der Waals surface area (Å²) in [4.78, 5) is 0. The van der Waals surface area contributed by atoms with E-state index >= 15 is 0 Å². The predicted molar refractivity (Wildman–Crippen MR) is 196 cm³/mol. The molecule has 49 heavy (non-hydrogen) atoms. The summed E-state index contributed by atoms with van der Waals surface area (Å²) in [6.45, 7) is 7.79. The molecule has 264 valence electrons. The van der Waals surface area contributed by atoms with Crippen LogP contribution in [-0.4, -0.2) is 50.6 Å². The Labute approximate surface area is 314 Å². The molecule has 8 nitrogen and oxygen atoms in total. The van der Waals surface area contributed by atoms with Crippen molar-refractivity contribution in [3.63, 3.8) is 0 Å². The van der Waals surface area contributed by atoms with Crippen molar-refractivity contribution in [3.8, 4) is 0 Å². The van der Waals surface area contributed by atoms with Gasteiger partial charge in [0.2, 0.25) is 0 Å². The molecule has 4 unspecified atom stereocenters. The average molecular weight is 748 g/mol. The largest absolute Gasteiger partial charge is 4.00 e. The Hall–Kier alpha value is -3.20. The minimum Gasteiger partial charge on any atom is -0.853 e. The van der Waals surface area contributed by atoms with Crippen molar-refractivity contribution < 1.29 is 46.6 Å². The van der Waals surface area contributed by atoms with Crippen LogP contribution in [0.4, 0.5) is 22.7 Å². The first-order valence-corrected chi connectivity index (χ1v) is 17.0. The smallest absolute Gasteiger partial charge is 0.853 e. The molecule has 4 rings (SSSR count). The van der Waals surface area contributed by atoms with Gasteiger partial charge >= 0.3 is 26.2 Å². The van der Waals surface area contributed by atoms with E-state index in [-0.39, 0.29) is 76.8 Å². The van der Waals surface area contributed by atoms with E-state index in [0.717, 1.165) is 48.4 Å². The monoisotopic (exact) mass is 746 g/mol. The molecule has 4 atom stereocenters. The maximum Gasteiger partial charge on any atom is 4.00 e. The standard InChI is InChI=1S/4C10H14NO.Zr/c4*1-2-9(8-12)11-10-6-4-3-5-7-10;/h4*3-7,9,11H,2,8H2,1H3;/q4*-1;+4. The van der Waals surface area contributed by atoms with Crippen LogP contribution in [-0.2, 0) is 26.2 Å². The number of benzene rings is 4. The molecule has 4 N–H and O–H groups in total. The quantitative estimate of drug-likeness (QED) is 0.126. The van der Waals surface area contributed by atoms with Crippen molar-refractivity contribution in [1.29, 1.82) is 0 Å². The molecular formula is C40H56N4O4Zr. The molecule has 0 bridgehead atoms. The number of para-hydroxylation sites is 4. The second-order valence-electron chi connectivity index (χ2n) is 11.1. The summed E-state index contributed by atoms with van der Waals surface area (Å²) in [6, 6.07) is 39.5. The van der Waals surface area contributed by atoms with E-state index in [0.29, 0.717) is 0 Å². The van der Waals surface area contributed by atoms with E-state index in [2.05, 4.69) is 21.3 Å². The third-order valence-corrected chi connectivity index (χ3v) is 7.35. The fourth-order valence-electron chi connectivity index (χ4n) is 4.13. The van der Waals surface area contributed by atoms with E-state index in [1.807, 2.05) is 149 Å². The first-order valence-electron chi connectivity index (χ1n) is 17.0. The average Bonchev–Trinajstić information content (AvgIpc) is 3.16. The van der Waals surface area contributed by atoms with E-state index < -0.39 is 0 Å². The molecular weight excluding hydrogens is 692 g/mol. The molecule has 0 radical (unpaired) electrons. The normalized spacial score (nSPS) is 12.2. The maximum atomic E-state index is 10.6. The Kier molecular flexibility index (Phi) is 28.8. The van der Waals surface area contributed by atoms with Gasteiger partial charge in [-0.05, 0) is 74.2 Å². The molecule has 0 amide bonds. The number of hydrogen-bond acceptors (Lipinski definition) is 8. The molecule has 9 heteroatoms. The van der Waals surface area contributed by atoms with Crippen molar-refractivity contribution in [2.45, 2.75) is 77.5 Å². The minimum atomic E-state index is -0.0641. The SMILES string of the molecule is CCC(C[O-])Nc1ccccc1.CCC(C[O-])Nc1ccccc1.CCC(C[O-])Nc1ccccc1.CCC(C[O-])Nc1ccccc1.[Zr+4]. The molecule has 4 aromatic rings. The van der Waals surface area contributed by atoms with Gasteiger partial charge in [-0.3, -0.25) is 0 Å². The van der Waals surface area contributed by atoms with Crippen LogP contribution in [0.3, 0.4) is 0 Å². The maximum absolute atomic E-state index is 10.6. The molecule has 0 saturated heterocycles. The van der Waals surface area contributed by atoms with Crippen LogP contribution in [0.25, 0.3) is 0 Å². The molecule has 0 aliphatic rings. The van der Waals surface area contributed by atoms with Crippen molar-refractivity contribution in [3.05, 3.63) is 121 Å². The van der Waals surface area contributed by atoms with Crippen LogP contribution in [0, 0.1) is 0 Å². The minimum absolute atomic E-state index is 0. The summed E-state index contributed by atoms with van der Waals surface area (Å²) < 4.78 is 0. The first kappa shape index (κ1) is 45.8. The fraction of sp³-hybridized carbons (Fsp3) is 0.400. The summed E-state index contributed by atoms with van der Waals surface area (Å²) in [7, 11) is 0. The third kappa shape index (κ3) is 22.2. The molecule has 0 aliphatic heterocycles. The Morgan fingerprint density at radius 2 is 0.510 bits per heavy atom. The summed E-state index contributed by atoms with van der Waals surface area (Å²) in [6.07, 6.45) is 3.49. The number of hydrogen-bond donors (Lipinski definition) is 4. The van der Waals surface area contributed by atoms with Crippen LogP contribution in [0.5, 0.6) is 0 Å². The van der Waals surface area contributed by atoms with Gasteiger partial charge in [-0.25, -0.2) is 0 Å². The number of anilines is 4. The van der Waals surface area contributed by atoms with Gasteiger partial charge in [0.25, 0.3) is 0 Å². The van der Waals surface area contributed by atoms with Crippen molar-refractivity contribution in [2.24, 2.45) is 0 Å². The van der Waals surface area contributed by atoms with Crippen molar-refractivity contribution >= 4 is 22.7 Å². The summed E-state index contributed by atoms with van der Waals surface area (Å²) in [5, 5.41) is 55.1. The summed E-state index contributed by atoms with van der Waals surface area (Å²) >= 11 is 0. The van der Waals surface area contributed by atoms with Crippen molar-refractivity contribution in [1.82, 2.24) is 0 Å². The zero-order chi connectivity index (χ0) is 35.2. The Morgan fingerprint density at radius 1 is 0.347 bits per heavy atom. The molecule has 4 aromatic carbocycles. The topological polar surface area (TPSA) is 140 Å². The zero-order valence-corrected chi connectivity index (χ0v) is 32.1. The van der Waals surface area contributed by atoms with E-state index in [4.69, 9.17) is 0 Å². The Morgan fingerprint density at radius 3 is 0.633 bits per heavy atom.